The molecule has 0 fully saturated rings. The molecule has 7 heavy (non-hydrogen) atoms. The molecule has 0 aromatic heterocycles. The van der Waals surface area contributed by atoms with Crippen LogP contribution >= 0.6 is 39.0 Å². The summed E-state index contributed by atoms with van der Waals surface area (Å²) < 4.78 is 0. The van der Waals surface area contributed by atoms with E-state index < -0.39 is 5.32 Å². The molecule has 0 aliphatic rings. The van der Waals surface area contributed by atoms with Crippen LogP contribution in [0.15, 0.2) is 0 Å². The van der Waals surface area contributed by atoms with Gasteiger partial charge in [0, 0.05) is 0 Å². The van der Waals surface area contributed by atoms with Gasteiger partial charge in [-0.15, -0.1) is 0 Å². The molecule has 0 radical (unpaired) electrons. The molecule has 0 atom stereocenters. The number of hydrogen-bond acceptors (Lipinski definition) is 1. The standard InChI is InChI=1S/C2H3Cl3NP/c3-7(4,5)2-1-6/h7H,2H2. The molecule has 0 bridgehead atoms. The summed E-state index contributed by atoms with van der Waals surface area (Å²) in [6, 6.07) is 1.77. The maximum atomic E-state index is 7.93. The van der Waals surface area contributed by atoms with Crippen LogP contribution in [0.4, 0.5) is 0 Å². The van der Waals surface area contributed by atoms with Gasteiger partial charge < -0.3 is 0 Å². The number of halogens is 3. The van der Waals surface area contributed by atoms with E-state index in [4.69, 9.17) is 39.0 Å². The molecule has 0 amide bonds. The molecule has 0 N–H and O–H groups in total. The summed E-state index contributed by atoms with van der Waals surface area (Å²) in [6.45, 7) is 0. The normalized spacial score (nSPS) is 12.9. The van der Waals surface area contributed by atoms with E-state index in [0.29, 0.717) is 0 Å². The molecule has 0 aromatic rings. The molecule has 0 aliphatic heterocycles. The van der Waals surface area contributed by atoms with Crippen LogP contribution in [-0.4, -0.2) is 6.16 Å². The van der Waals surface area contributed by atoms with Gasteiger partial charge in [-0.3, -0.25) is 0 Å². The van der Waals surface area contributed by atoms with Crippen molar-refractivity contribution in [2.24, 2.45) is 0 Å². The van der Waals surface area contributed by atoms with Crippen LogP contribution in [0.2, 0.25) is 0 Å². The van der Waals surface area contributed by atoms with Crippen LogP contribution in [0.5, 0.6) is 0 Å². The average Bonchev–Trinajstić information content (AvgIpc) is 1.30. The van der Waals surface area contributed by atoms with Crippen LogP contribution in [0.3, 0.4) is 0 Å². The zero-order valence-electron chi connectivity index (χ0n) is 3.29. The van der Waals surface area contributed by atoms with Crippen molar-refractivity contribution in [3.8, 4) is 6.07 Å². The molecule has 0 rings (SSSR count). The molecular formula is C2H3Cl3NP. The van der Waals surface area contributed by atoms with Gasteiger partial charge >= 0.3 is 56.5 Å². The van der Waals surface area contributed by atoms with Gasteiger partial charge in [-0.1, -0.05) is 0 Å². The predicted octanol–water partition coefficient (Wildman–Crippen LogP) is 2.72. The Hall–Kier alpha value is 0.790. The molecule has 0 aliphatic carbocycles. The van der Waals surface area contributed by atoms with E-state index in [1.807, 2.05) is 0 Å². The first-order valence-corrected chi connectivity index (χ1v) is 6.74. The van der Waals surface area contributed by atoms with E-state index in [1.165, 1.54) is 0 Å². The molecule has 5 heteroatoms. The Kier molecular flexibility index (Phi) is 3.28. The van der Waals surface area contributed by atoms with Crippen LogP contribution in [0, 0.1) is 11.3 Å². The first kappa shape index (κ1) is 7.79. The fourth-order valence-electron chi connectivity index (χ4n) is 0.0896. The zero-order valence-corrected chi connectivity index (χ0v) is 6.56. The van der Waals surface area contributed by atoms with Crippen molar-refractivity contribution in [3.05, 3.63) is 0 Å². The van der Waals surface area contributed by atoms with E-state index >= 15 is 0 Å². The van der Waals surface area contributed by atoms with Gasteiger partial charge in [-0.2, -0.15) is 0 Å². The van der Waals surface area contributed by atoms with Gasteiger partial charge in [-0.25, -0.2) is 0 Å². The van der Waals surface area contributed by atoms with Crippen molar-refractivity contribution in [2.75, 3.05) is 6.16 Å². The van der Waals surface area contributed by atoms with Gasteiger partial charge in [-0.05, 0) is 0 Å². The van der Waals surface area contributed by atoms with Gasteiger partial charge in [0.05, 0.1) is 0 Å². The molecule has 0 saturated heterocycles. The third-order valence-electron chi connectivity index (χ3n) is 0.280. The number of rotatable bonds is 1. The number of nitriles is 1. The Morgan fingerprint density at radius 2 is 1.86 bits per heavy atom. The van der Waals surface area contributed by atoms with E-state index in [9.17, 15) is 0 Å². The second-order valence-corrected chi connectivity index (χ2v) is 10.1. The molecule has 0 unspecified atom stereocenters. The minimum atomic E-state index is -2.60. The summed E-state index contributed by atoms with van der Waals surface area (Å²) in [7, 11) is 0. The Bertz CT molecular complexity index is 90.1. The number of nitrogens with zero attached hydrogens (tertiary/aromatic N) is 1. The van der Waals surface area contributed by atoms with E-state index in [2.05, 4.69) is 0 Å². The predicted molar refractivity (Wildman–Crippen MR) is 36.4 cm³/mol. The molecule has 0 spiro atoms. The minimum absolute atomic E-state index is 0.0810. The maximum absolute atomic E-state index is 7.93. The topological polar surface area (TPSA) is 23.8 Å². The second-order valence-electron chi connectivity index (χ2n) is 0.950. The fraction of sp³-hybridized carbons (Fsp3) is 0.500. The van der Waals surface area contributed by atoms with Gasteiger partial charge in [0.25, 0.3) is 0 Å². The second kappa shape index (κ2) is 2.95. The molecule has 42 valence electrons. The van der Waals surface area contributed by atoms with Crippen molar-refractivity contribution >= 4 is 39.0 Å². The monoisotopic (exact) mass is 177 g/mol. The van der Waals surface area contributed by atoms with Gasteiger partial charge in [0.2, 0.25) is 0 Å². The Morgan fingerprint density at radius 3 is 1.86 bits per heavy atom. The zero-order chi connectivity index (χ0) is 5.91. The van der Waals surface area contributed by atoms with E-state index in [0.717, 1.165) is 0 Å². The summed E-state index contributed by atoms with van der Waals surface area (Å²) in [6.07, 6.45) is 0.0810. The summed E-state index contributed by atoms with van der Waals surface area (Å²) >= 11 is 15.8. The van der Waals surface area contributed by atoms with E-state index in [1.54, 1.807) is 6.07 Å². The van der Waals surface area contributed by atoms with Crippen molar-refractivity contribution in [1.29, 1.82) is 5.26 Å². The Balaban J connectivity index is 3.40. The SMILES string of the molecule is N#CC[PH](Cl)(Cl)Cl. The van der Waals surface area contributed by atoms with Crippen molar-refractivity contribution in [2.45, 2.75) is 0 Å². The van der Waals surface area contributed by atoms with Crippen LogP contribution in [0.25, 0.3) is 0 Å². The summed E-state index contributed by atoms with van der Waals surface area (Å²) in [5.41, 5.74) is 0. The number of hydrogen-bond donors (Lipinski definition) is 0. The molecule has 0 aromatic carbocycles. The van der Waals surface area contributed by atoms with Crippen LogP contribution in [-0.2, 0) is 0 Å². The Labute approximate surface area is 56.9 Å². The van der Waals surface area contributed by atoms with Crippen LogP contribution < -0.4 is 0 Å². The Morgan fingerprint density at radius 1 is 1.43 bits per heavy atom. The summed E-state index contributed by atoms with van der Waals surface area (Å²) in [5, 5.41) is 5.33. The summed E-state index contributed by atoms with van der Waals surface area (Å²) in [4.78, 5) is 0. The molecule has 0 saturated carbocycles. The van der Waals surface area contributed by atoms with Crippen molar-refractivity contribution in [3.63, 3.8) is 0 Å². The first-order valence-electron chi connectivity index (χ1n) is 1.50. The molecule has 0 heterocycles. The molecule has 1 nitrogen and oxygen atoms in total. The van der Waals surface area contributed by atoms with Gasteiger partial charge in [0.15, 0.2) is 0 Å². The van der Waals surface area contributed by atoms with E-state index in [-0.39, 0.29) is 6.16 Å². The van der Waals surface area contributed by atoms with Crippen LogP contribution in [0.1, 0.15) is 0 Å². The third kappa shape index (κ3) is 6.79. The van der Waals surface area contributed by atoms with Gasteiger partial charge in [0.1, 0.15) is 0 Å². The quantitative estimate of drug-likeness (QED) is 0.566. The average molecular weight is 178 g/mol. The van der Waals surface area contributed by atoms with Crippen molar-refractivity contribution < 1.29 is 0 Å². The third-order valence-corrected chi connectivity index (χ3v) is 2.04. The summed E-state index contributed by atoms with van der Waals surface area (Å²) in [5.74, 6) is 0. The fourth-order valence-corrected chi connectivity index (χ4v) is 0.807. The molecular weight excluding hydrogens is 175 g/mol. The van der Waals surface area contributed by atoms with Crippen molar-refractivity contribution in [1.82, 2.24) is 0 Å². The first-order chi connectivity index (χ1) is 3.06.